The van der Waals surface area contributed by atoms with Gasteiger partial charge < -0.3 is 5.32 Å². The van der Waals surface area contributed by atoms with E-state index in [2.05, 4.69) is 27.5 Å². The van der Waals surface area contributed by atoms with E-state index in [0.717, 1.165) is 25.3 Å². The Morgan fingerprint density at radius 2 is 2.38 bits per heavy atom. The van der Waals surface area contributed by atoms with Crippen molar-refractivity contribution in [1.82, 2.24) is 20.4 Å². The van der Waals surface area contributed by atoms with Crippen molar-refractivity contribution in [3.63, 3.8) is 0 Å². The van der Waals surface area contributed by atoms with Gasteiger partial charge in [0, 0.05) is 19.1 Å². The van der Waals surface area contributed by atoms with Crippen LogP contribution in [0.15, 0.2) is 12.1 Å². The number of hydrogen-bond donors (Lipinski definition) is 1. The van der Waals surface area contributed by atoms with E-state index < -0.39 is 0 Å². The molecule has 0 radical (unpaired) electrons. The minimum absolute atomic E-state index is 0.448. The van der Waals surface area contributed by atoms with Crippen molar-refractivity contribution in [2.75, 3.05) is 20.1 Å². The number of nitrogens with one attached hydrogen (secondary N) is 1. The Balaban J connectivity index is 1.81. The summed E-state index contributed by atoms with van der Waals surface area (Å²) in [6, 6.07) is 4.34. The lowest BCUT2D eigenvalue weighted by Gasteiger charge is -2.20. The van der Waals surface area contributed by atoms with E-state index in [1.165, 1.54) is 12.8 Å². The summed E-state index contributed by atoms with van der Waals surface area (Å²) < 4.78 is 0. The normalized spacial score (nSPS) is 20.6. The zero-order valence-electron chi connectivity index (χ0n) is 9.49. The summed E-state index contributed by atoms with van der Waals surface area (Å²) in [6.07, 6.45) is 2.57. The molecule has 1 atom stereocenters. The molecule has 0 spiro atoms. The average molecular weight is 241 g/mol. The second-order valence-electron chi connectivity index (χ2n) is 4.34. The summed E-state index contributed by atoms with van der Waals surface area (Å²) in [5.41, 5.74) is 0.963. The van der Waals surface area contributed by atoms with Crippen molar-refractivity contribution < 1.29 is 0 Å². The maximum atomic E-state index is 5.69. The summed E-state index contributed by atoms with van der Waals surface area (Å²) in [5.74, 6) is 0. The third-order valence-corrected chi connectivity index (χ3v) is 3.02. The van der Waals surface area contributed by atoms with Crippen molar-refractivity contribution in [2.24, 2.45) is 0 Å². The molecule has 0 saturated carbocycles. The van der Waals surface area contributed by atoms with Crippen molar-refractivity contribution in [2.45, 2.75) is 25.4 Å². The lowest BCUT2D eigenvalue weighted by atomic mass is 10.2. The number of rotatable bonds is 4. The Morgan fingerprint density at radius 1 is 1.50 bits per heavy atom. The molecule has 5 heteroatoms. The first kappa shape index (κ1) is 11.8. The van der Waals surface area contributed by atoms with Crippen molar-refractivity contribution in [1.29, 1.82) is 0 Å². The first-order valence-corrected chi connectivity index (χ1v) is 6.02. The highest BCUT2D eigenvalue weighted by atomic mass is 35.5. The molecular formula is C11H17ClN4. The molecule has 1 N–H and O–H groups in total. The molecule has 1 aromatic heterocycles. The fourth-order valence-corrected chi connectivity index (χ4v) is 2.16. The van der Waals surface area contributed by atoms with Gasteiger partial charge in [-0.15, -0.1) is 5.10 Å². The molecule has 1 aromatic rings. The summed E-state index contributed by atoms with van der Waals surface area (Å²) in [6.45, 7) is 3.03. The molecule has 0 amide bonds. The van der Waals surface area contributed by atoms with Gasteiger partial charge in [-0.3, -0.25) is 4.90 Å². The van der Waals surface area contributed by atoms with Crippen molar-refractivity contribution in [3.8, 4) is 0 Å². The van der Waals surface area contributed by atoms with E-state index in [-0.39, 0.29) is 0 Å². The van der Waals surface area contributed by atoms with E-state index in [9.17, 15) is 0 Å². The molecule has 88 valence electrons. The number of nitrogens with zero attached hydrogens (tertiary/aromatic N) is 3. The van der Waals surface area contributed by atoms with Crippen LogP contribution in [0.3, 0.4) is 0 Å². The molecular weight excluding hydrogens is 224 g/mol. The highest BCUT2D eigenvalue weighted by molar-refractivity contribution is 6.29. The van der Waals surface area contributed by atoms with Gasteiger partial charge in [-0.05, 0) is 38.6 Å². The quantitative estimate of drug-likeness (QED) is 0.862. The molecule has 0 aliphatic carbocycles. The third-order valence-electron chi connectivity index (χ3n) is 2.81. The topological polar surface area (TPSA) is 41.1 Å². The van der Waals surface area contributed by atoms with Gasteiger partial charge in [0.25, 0.3) is 0 Å². The summed E-state index contributed by atoms with van der Waals surface area (Å²) >= 11 is 5.69. The summed E-state index contributed by atoms with van der Waals surface area (Å²) in [7, 11) is 2.11. The molecule has 1 aliphatic rings. The molecule has 1 aliphatic heterocycles. The molecule has 2 heterocycles. The van der Waals surface area contributed by atoms with Crippen LogP contribution in [0.25, 0.3) is 0 Å². The third kappa shape index (κ3) is 3.40. The first-order valence-electron chi connectivity index (χ1n) is 5.64. The van der Waals surface area contributed by atoms with Crippen LogP contribution < -0.4 is 5.32 Å². The van der Waals surface area contributed by atoms with Crippen molar-refractivity contribution in [3.05, 3.63) is 23.0 Å². The van der Waals surface area contributed by atoms with Gasteiger partial charge in [0.15, 0.2) is 5.15 Å². The summed E-state index contributed by atoms with van der Waals surface area (Å²) in [5, 5.41) is 11.8. The minimum atomic E-state index is 0.448. The lowest BCUT2D eigenvalue weighted by molar-refractivity contribution is 0.289. The molecule has 16 heavy (non-hydrogen) atoms. The Labute approximate surface area is 101 Å². The van der Waals surface area contributed by atoms with Crippen LogP contribution in [0.5, 0.6) is 0 Å². The van der Waals surface area contributed by atoms with Gasteiger partial charge in [-0.1, -0.05) is 11.6 Å². The molecule has 0 bridgehead atoms. The predicted molar refractivity (Wildman–Crippen MR) is 64.4 cm³/mol. The van der Waals surface area contributed by atoms with Crippen LogP contribution in [0, 0.1) is 0 Å². The van der Waals surface area contributed by atoms with Gasteiger partial charge in [-0.2, -0.15) is 5.10 Å². The molecule has 4 nitrogen and oxygen atoms in total. The van der Waals surface area contributed by atoms with Gasteiger partial charge >= 0.3 is 0 Å². The maximum absolute atomic E-state index is 5.69. The smallest absolute Gasteiger partial charge is 0.151 e. The molecule has 1 saturated heterocycles. The fraction of sp³-hybridized carbons (Fsp3) is 0.636. The zero-order chi connectivity index (χ0) is 11.4. The predicted octanol–water partition coefficient (Wildman–Crippen LogP) is 1.31. The minimum Gasteiger partial charge on any atom is -0.313 e. The highest BCUT2D eigenvalue weighted by Gasteiger charge is 2.16. The second-order valence-corrected chi connectivity index (χ2v) is 4.72. The zero-order valence-corrected chi connectivity index (χ0v) is 10.2. The standard InChI is InChI=1S/C11H17ClN4/c1-16(7-9-3-2-6-13-9)8-10-4-5-11(12)15-14-10/h4-5,9,13H,2-3,6-8H2,1H3. The van der Waals surface area contributed by atoms with Crippen molar-refractivity contribution >= 4 is 11.6 Å². The van der Waals surface area contributed by atoms with Gasteiger partial charge in [0.2, 0.25) is 0 Å². The lowest BCUT2D eigenvalue weighted by Crippen LogP contribution is -2.35. The van der Waals surface area contributed by atoms with E-state index in [1.807, 2.05) is 6.07 Å². The largest absolute Gasteiger partial charge is 0.313 e. The Kier molecular flexibility index (Phi) is 4.09. The monoisotopic (exact) mass is 240 g/mol. The number of aromatic nitrogens is 2. The van der Waals surface area contributed by atoms with E-state index >= 15 is 0 Å². The number of hydrogen-bond acceptors (Lipinski definition) is 4. The summed E-state index contributed by atoms with van der Waals surface area (Å²) in [4.78, 5) is 2.26. The van der Waals surface area contributed by atoms with Gasteiger partial charge in [-0.25, -0.2) is 0 Å². The Bertz CT molecular complexity index is 321. The Morgan fingerprint density at radius 3 is 3.00 bits per heavy atom. The SMILES string of the molecule is CN(Cc1ccc(Cl)nn1)CC1CCCN1. The number of likely N-dealkylation sites (N-methyl/N-ethyl adjacent to an activating group) is 1. The van der Waals surface area contributed by atoms with Crippen LogP contribution >= 0.6 is 11.6 Å². The van der Waals surface area contributed by atoms with E-state index in [1.54, 1.807) is 6.07 Å². The molecule has 0 aromatic carbocycles. The van der Waals surface area contributed by atoms with Crippen LogP contribution in [0.2, 0.25) is 5.15 Å². The van der Waals surface area contributed by atoms with Crippen LogP contribution in [0.4, 0.5) is 0 Å². The van der Waals surface area contributed by atoms with E-state index in [4.69, 9.17) is 11.6 Å². The first-order chi connectivity index (χ1) is 7.74. The maximum Gasteiger partial charge on any atom is 0.151 e. The van der Waals surface area contributed by atoms with Crippen LogP contribution in [-0.4, -0.2) is 41.3 Å². The number of halogens is 1. The van der Waals surface area contributed by atoms with Gasteiger partial charge in [0.1, 0.15) is 0 Å². The molecule has 1 fully saturated rings. The van der Waals surface area contributed by atoms with Crippen LogP contribution in [-0.2, 0) is 6.54 Å². The van der Waals surface area contributed by atoms with E-state index in [0.29, 0.717) is 11.2 Å². The fourth-order valence-electron chi connectivity index (χ4n) is 2.06. The van der Waals surface area contributed by atoms with Crippen LogP contribution in [0.1, 0.15) is 18.5 Å². The average Bonchev–Trinajstić information content (AvgIpc) is 2.74. The molecule has 1 unspecified atom stereocenters. The molecule has 2 rings (SSSR count). The second kappa shape index (κ2) is 5.57. The highest BCUT2D eigenvalue weighted by Crippen LogP contribution is 2.08. The van der Waals surface area contributed by atoms with Gasteiger partial charge in [0.05, 0.1) is 5.69 Å². The Hall–Kier alpha value is -0.710.